The monoisotopic (exact) mass is 173 g/mol. The fourth-order valence-corrected chi connectivity index (χ4v) is 0.453. The molecule has 5 heteroatoms. The average Bonchev–Trinajstić information content (AvgIpc) is 2.00. The van der Waals surface area contributed by atoms with Gasteiger partial charge in [-0.1, -0.05) is 0 Å². The summed E-state index contributed by atoms with van der Waals surface area (Å²) in [5.74, 6) is 0. The molecule has 70 valence electrons. The normalized spacial score (nSPS) is 10.0. The molecule has 0 aromatic carbocycles. The lowest BCUT2D eigenvalue weighted by atomic mass is 10.8. The van der Waals surface area contributed by atoms with Gasteiger partial charge < -0.3 is 9.75 Å². The van der Waals surface area contributed by atoms with Crippen molar-refractivity contribution < 1.29 is 9.53 Å². The Balaban J connectivity index is 3.86. The predicted molar refractivity (Wildman–Crippen MR) is 47.0 cm³/mol. The van der Waals surface area contributed by atoms with Crippen molar-refractivity contribution >= 4 is 12.4 Å². The molecule has 0 aromatic heterocycles. The van der Waals surface area contributed by atoms with E-state index in [0.717, 1.165) is 0 Å². The zero-order valence-electron chi connectivity index (χ0n) is 7.94. The maximum absolute atomic E-state index is 10.9. The Morgan fingerprint density at radius 3 is 2.50 bits per heavy atom. The van der Waals surface area contributed by atoms with Crippen LogP contribution < -0.4 is 0 Å². The maximum atomic E-state index is 10.9. The summed E-state index contributed by atoms with van der Waals surface area (Å²) in [6.45, 7) is 2.13. The van der Waals surface area contributed by atoms with Crippen LogP contribution in [0.4, 0.5) is 4.79 Å². The first-order valence-corrected chi connectivity index (χ1v) is 3.69. The number of hydrogen-bond acceptors (Lipinski definition) is 4. The Kier molecular flexibility index (Phi) is 4.83. The van der Waals surface area contributed by atoms with Crippen molar-refractivity contribution in [3.8, 4) is 0 Å². The largest absolute Gasteiger partial charge is 0.449 e. The van der Waals surface area contributed by atoms with E-state index in [1.807, 2.05) is 0 Å². The third-order valence-corrected chi connectivity index (χ3v) is 1.01. The third kappa shape index (κ3) is 4.54. The summed E-state index contributed by atoms with van der Waals surface area (Å²) >= 11 is 0. The summed E-state index contributed by atoms with van der Waals surface area (Å²) in [4.78, 5) is 12.2. The van der Waals surface area contributed by atoms with Gasteiger partial charge in [0.15, 0.2) is 0 Å². The third-order valence-electron chi connectivity index (χ3n) is 1.01. The highest BCUT2D eigenvalue weighted by molar-refractivity contribution is 5.81. The van der Waals surface area contributed by atoms with Crippen LogP contribution in [0.5, 0.6) is 0 Å². The smallest absolute Gasteiger partial charge is 0.414 e. The molecule has 0 rings (SSSR count). The molecule has 5 nitrogen and oxygen atoms in total. The summed E-state index contributed by atoms with van der Waals surface area (Å²) in [7, 11) is 5.13. The molecule has 0 saturated heterocycles. The fourth-order valence-electron chi connectivity index (χ4n) is 0.453. The summed E-state index contributed by atoms with van der Waals surface area (Å²) in [6, 6.07) is 0. The highest BCUT2D eigenvalue weighted by Crippen LogP contribution is 1.86. The minimum atomic E-state index is -0.400. The van der Waals surface area contributed by atoms with Gasteiger partial charge in [-0.2, -0.15) is 5.10 Å². The number of nitrogens with zero attached hydrogens (tertiary/aromatic N) is 3. The lowest BCUT2D eigenvalue weighted by Crippen LogP contribution is -2.26. The molecule has 0 N–H and O–H groups in total. The van der Waals surface area contributed by atoms with Gasteiger partial charge in [0.2, 0.25) is 0 Å². The lowest BCUT2D eigenvalue weighted by molar-refractivity contribution is 0.134. The summed E-state index contributed by atoms with van der Waals surface area (Å²) in [5.41, 5.74) is 0. The van der Waals surface area contributed by atoms with Gasteiger partial charge in [0.1, 0.15) is 6.34 Å². The van der Waals surface area contributed by atoms with Gasteiger partial charge >= 0.3 is 6.09 Å². The second-order valence-corrected chi connectivity index (χ2v) is 2.39. The predicted octanol–water partition coefficient (Wildman–Crippen LogP) is 0.580. The van der Waals surface area contributed by atoms with Crippen LogP contribution >= 0.6 is 0 Å². The summed E-state index contributed by atoms with van der Waals surface area (Å²) in [6.07, 6.45) is 1.00. The van der Waals surface area contributed by atoms with Crippen LogP contribution in [0.15, 0.2) is 5.10 Å². The molecule has 0 saturated carbocycles. The Bertz CT molecular complexity index is 168. The molecular weight excluding hydrogens is 158 g/mol. The molecule has 1 amide bonds. The first-order valence-electron chi connectivity index (χ1n) is 3.69. The molecule has 0 aromatic rings. The standard InChI is InChI=1S/C7H15N3O2/c1-5-12-7(11)10(4)6-8-9(2)3/h6H,5H2,1-4H3/b8-6+. The van der Waals surface area contributed by atoms with E-state index in [0.29, 0.717) is 6.61 Å². The van der Waals surface area contributed by atoms with Gasteiger partial charge in [-0.3, -0.25) is 4.90 Å². The molecule has 0 unspecified atom stereocenters. The van der Waals surface area contributed by atoms with E-state index in [1.165, 1.54) is 11.2 Å². The number of hydrogen-bond donors (Lipinski definition) is 0. The SMILES string of the molecule is CCOC(=O)N(C)/C=N/N(C)C. The zero-order valence-corrected chi connectivity index (χ0v) is 7.94. The molecule has 0 bridgehead atoms. The van der Waals surface area contributed by atoms with Crippen LogP contribution in [0.1, 0.15) is 6.92 Å². The number of carbonyl (C=O) groups excluding carboxylic acids is 1. The van der Waals surface area contributed by atoms with Crippen LogP contribution in [0.2, 0.25) is 0 Å². The van der Waals surface area contributed by atoms with E-state index in [9.17, 15) is 4.79 Å². The van der Waals surface area contributed by atoms with E-state index in [4.69, 9.17) is 4.74 Å². The zero-order chi connectivity index (χ0) is 9.56. The van der Waals surface area contributed by atoms with Crippen molar-refractivity contribution in [2.24, 2.45) is 5.10 Å². The van der Waals surface area contributed by atoms with Gasteiger partial charge in [0, 0.05) is 21.1 Å². The molecule has 0 spiro atoms. The Labute approximate surface area is 72.6 Å². The molecule has 12 heavy (non-hydrogen) atoms. The van der Waals surface area contributed by atoms with Crippen molar-refractivity contribution in [1.29, 1.82) is 0 Å². The van der Waals surface area contributed by atoms with Gasteiger partial charge in [-0.25, -0.2) is 4.79 Å². The molecule has 0 fully saturated rings. The van der Waals surface area contributed by atoms with Crippen molar-refractivity contribution in [2.45, 2.75) is 6.92 Å². The van der Waals surface area contributed by atoms with Gasteiger partial charge in [-0.05, 0) is 6.92 Å². The molecule has 0 aliphatic rings. The highest BCUT2D eigenvalue weighted by Gasteiger charge is 2.04. The van der Waals surface area contributed by atoms with Crippen molar-refractivity contribution in [3.05, 3.63) is 0 Å². The molecule has 0 aliphatic carbocycles. The first kappa shape index (κ1) is 10.7. The molecule has 0 heterocycles. The van der Waals surface area contributed by atoms with Gasteiger partial charge in [-0.15, -0.1) is 0 Å². The van der Waals surface area contributed by atoms with Gasteiger partial charge in [0.25, 0.3) is 0 Å². The molecule has 0 atom stereocenters. The number of amides is 1. The quantitative estimate of drug-likeness (QED) is 0.356. The van der Waals surface area contributed by atoms with E-state index in [1.54, 1.807) is 33.1 Å². The molecular formula is C7H15N3O2. The Hall–Kier alpha value is -1.26. The fraction of sp³-hybridized carbons (Fsp3) is 0.714. The van der Waals surface area contributed by atoms with E-state index in [2.05, 4.69) is 5.10 Å². The Morgan fingerprint density at radius 1 is 1.50 bits per heavy atom. The minimum absolute atomic E-state index is 0.374. The average molecular weight is 173 g/mol. The summed E-state index contributed by atoms with van der Waals surface area (Å²) < 4.78 is 4.71. The Morgan fingerprint density at radius 2 is 2.08 bits per heavy atom. The topological polar surface area (TPSA) is 45.1 Å². The maximum Gasteiger partial charge on any atom is 0.414 e. The van der Waals surface area contributed by atoms with Crippen LogP contribution in [-0.2, 0) is 4.74 Å². The summed E-state index contributed by atoms with van der Waals surface area (Å²) in [5, 5.41) is 5.45. The van der Waals surface area contributed by atoms with Crippen LogP contribution in [-0.4, -0.2) is 50.1 Å². The second-order valence-electron chi connectivity index (χ2n) is 2.39. The van der Waals surface area contributed by atoms with Crippen molar-refractivity contribution in [3.63, 3.8) is 0 Å². The lowest BCUT2D eigenvalue weighted by Gasteiger charge is -2.11. The van der Waals surface area contributed by atoms with E-state index < -0.39 is 6.09 Å². The van der Waals surface area contributed by atoms with Crippen LogP contribution in [0.3, 0.4) is 0 Å². The van der Waals surface area contributed by atoms with Crippen molar-refractivity contribution in [1.82, 2.24) is 9.91 Å². The van der Waals surface area contributed by atoms with E-state index in [-0.39, 0.29) is 0 Å². The van der Waals surface area contributed by atoms with Crippen molar-refractivity contribution in [2.75, 3.05) is 27.7 Å². The molecule has 0 radical (unpaired) electrons. The second kappa shape index (κ2) is 5.40. The van der Waals surface area contributed by atoms with Crippen LogP contribution in [0, 0.1) is 0 Å². The molecule has 0 aliphatic heterocycles. The van der Waals surface area contributed by atoms with E-state index >= 15 is 0 Å². The first-order chi connectivity index (χ1) is 5.57. The number of hydrazone groups is 1. The highest BCUT2D eigenvalue weighted by atomic mass is 16.5. The number of ether oxygens (including phenoxy) is 1. The number of carbonyl (C=O) groups is 1. The minimum Gasteiger partial charge on any atom is -0.449 e. The van der Waals surface area contributed by atoms with Crippen LogP contribution in [0.25, 0.3) is 0 Å². The van der Waals surface area contributed by atoms with Gasteiger partial charge in [0.05, 0.1) is 6.61 Å². The number of rotatable bonds is 3.